The van der Waals surface area contributed by atoms with Gasteiger partial charge in [0.25, 0.3) is 5.91 Å². The summed E-state index contributed by atoms with van der Waals surface area (Å²) >= 11 is 0. The molecule has 1 aliphatic heterocycles. The van der Waals surface area contributed by atoms with Crippen molar-refractivity contribution < 1.29 is 33.6 Å². The van der Waals surface area contributed by atoms with E-state index in [1.807, 2.05) is 6.92 Å². The molecule has 0 aromatic heterocycles. The molecule has 1 heterocycles. The third-order valence-corrected chi connectivity index (χ3v) is 2.85. The van der Waals surface area contributed by atoms with Crippen molar-refractivity contribution in [1.82, 2.24) is 4.90 Å². The van der Waals surface area contributed by atoms with E-state index in [1.165, 1.54) is 18.2 Å². The number of amides is 1. The Morgan fingerprint density at radius 3 is 2.83 bits per heavy atom. The van der Waals surface area contributed by atoms with Crippen molar-refractivity contribution in [3.05, 3.63) is 29.3 Å². The van der Waals surface area contributed by atoms with Crippen molar-refractivity contribution in [2.24, 2.45) is 0 Å². The van der Waals surface area contributed by atoms with Crippen molar-refractivity contribution >= 4 is 17.6 Å². The van der Waals surface area contributed by atoms with E-state index in [4.69, 9.17) is 0 Å². The van der Waals surface area contributed by atoms with Gasteiger partial charge in [0.2, 0.25) is 0 Å². The zero-order valence-corrected chi connectivity index (χ0v) is 10.5. The molecule has 1 aromatic rings. The molecule has 1 N–H and O–H groups in total. The van der Waals surface area contributed by atoms with E-state index < -0.39 is 5.97 Å². The normalized spacial score (nSPS) is 14.1. The first-order valence-corrected chi connectivity index (χ1v) is 5.52. The Labute approximate surface area is 117 Å². The summed E-state index contributed by atoms with van der Waals surface area (Å²) < 4.78 is 0. The number of nitrogens with one attached hydrogen (secondary N) is 1. The van der Waals surface area contributed by atoms with Crippen molar-refractivity contribution in [3.8, 4) is 0 Å². The first-order valence-electron chi connectivity index (χ1n) is 5.52. The minimum atomic E-state index is -1.24. The van der Waals surface area contributed by atoms with Crippen LogP contribution in [-0.2, 0) is 0 Å². The second kappa shape index (κ2) is 5.94. The maximum absolute atomic E-state index is 12.1. The topological polar surface area (TPSA) is 72.5 Å². The zero-order chi connectivity index (χ0) is 12.4. The Kier molecular flexibility index (Phi) is 4.82. The number of rotatable bonds is 2. The Morgan fingerprint density at radius 2 is 2.22 bits per heavy atom. The molecule has 0 saturated heterocycles. The average molecular weight is 240 g/mol. The van der Waals surface area contributed by atoms with Gasteiger partial charge in [-0.25, -0.2) is 0 Å². The van der Waals surface area contributed by atoms with E-state index in [1.54, 1.807) is 4.90 Å². The number of carboxylic acids is 1. The van der Waals surface area contributed by atoms with E-state index in [0.29, 0.717) is 30.9 Å². The van der Waals surface area contributed by atoms with Crippen LogP contribution in [0.3, 0.4) is 0 Å². The molecule has 1 aliphatic rings. The van der Waals surface area contributed by atoms with Gasteiger partial charge in [0.05, 0.1) is 11.5 Å². The van der Waals surface area contributed by atoms with Crippen molar-refractivity contribution in [2.75, 3.05) is 25.0 Å². The van der Waals surface area contributed by atoms with Crippen LogP contribution >= 0.6 is 0 Å². The average Bonchev–Trinajstić information content (AvgIpc) is 2.48. The van der Waals surface area contributed by atoms with E-state index in [2.05, 4.69) is 5.32 Å². The largest absolute Gasteiger partial charge is 1.00 e. The van der Waals surface area contributed by atoms with Gasteiger partial charge in [0.15, 0.2) is 0 Å². The maximum atomic E-state index is 12.1. The van der Waals surface area contributed by atoms with E-state index in [9.17, 15) is 14.7 Å². The fourth-order valence-electron chi connectivity index (χ4n) is 1.90. The molecule has 1 aromatic carbocycles. The minimum Gasteiger partial charge on any atom is -0.545 e. The third kappa shape index (κ3) is 2.69. The number of carboxylic acid groups (broad SMARTS) is 1. The van der Waals surface area contributed by atoms with Gasteiger partial charge < -0.3 is 20.1 Å². The Bertz CT molecular complexity index is 476. The van der Waals surface area contributed by atoms with Crippen LogP contribution in [0.1, 0.15) is 27.6 Å². The molecule has 5 nitrogen and oxygen atoms in total. The van der Waals surface area contributed by atoms with Crippen molar-refractivity contribution in [2.45, 2.75) is 6.92 Å². The molecule has 0 aliphatic carbocycles. The second-order valence-electron chi connectivity index (χ2n) is 3.86. The first-order chi connectivity index (χ1) is 8.13. The summed E-state index contributed by atoms with van der Waals surface area (Å²) in [5.41, 5.74) is 1.15. The molecule has 0 bridgehead atoms. The van der Waals surface area contributed by atoms with Gasteiger partial charge in [-0.15, -0.1) is 0 Å². The van der Waals surface area contributed by atoms with Crippen LogP contribution in [0, 0.1) is 0 Å². The quantitative estimate of drug-likeness (QED) is 0.557. The SMILES string of the molecule is CCN1CCNc2cc(C(=O)[O-])ccc2C1=O.[Li+]. The molecule has 1 amide bonds. The smallest absolute Gasteiger partial charge is 0.545 e. The molecule has 0 spiro atoms. The Balaban J connectivity index is 0.00000162. The van der Waals surface area contributed by atoms with E-state index >= 15 is 0 Å². The molecule has 90 valence electrons. The van der Waals surface area contributed by atoms with Crippen LogP contribution in [0.25, 0.3) is 0 Å². The van der Waals surface area contributed by atoms with Crippen LogP contribution < -0.4 is 29.3 Å². The molecule has 2 rings (SSSR count). The van der Waals surface area contributed by atoms with Gasteiger partial charge in [-0.05, 0) is 24.6 Å². The van der Waals surface area contributed by atoms with E-state index in [-0.39, 0.29) is 30.3 Å². The number of carbonyl (C=O) groups excluding carboxylic acids is 2. The van der Waals surface area contributed by atoms with Crippen LogP contribution in [0.4, 0.5) is 5.69 Å². The van der Waals surface area contributed by atoms with E-state index in [0.717, 1.165) is 0 Å². The molecule has 0 radical (unpaired) electrons. The standard InChI is InChI=1S/C12H14N2O3.Li/c1-2-14-6-5-13-10-7-8(12(16)17)3-4-9(10)11(14)15;/h3-4,7,13H,2,5-6H2,1H3,(H,16,17);/q;+1/p-1. The van der Waals surface area contributed by atoms with Gasteiger partial charge in [0, 0.05) is 25.3 Å². The maximum Gasteiger partial charge on any atom is 1.00 e. The molecule has 0 fully saturated rings. The summed E-state index contributed by atoms with van der Waals surface area (Å²) in [6, 6.07) is 4.37. The number of nitrogens with zero attached hydrogens (tertiary/aromatic N) is 1. The summed E-state index contributed by atoms with van der Waals surface area (Å²) in [4.78, 5) is 24.5. The predicted molar refractivity (Wildman–Crippen MR) is 60.8 cm³/mol. The molecule has 6 heteroatoms. The van der Waals surface area contributed by atoms with Crippen LogP contribution in [-0.4, -0.2) is 36.4 Å². The summed E-state index contributed by atoms with van der Waals surface area (Å²) in [6.07, 6.45) is 0. The predicted octanol–water partition coefficient (Wildman–Crippen LogP) is -3.06. The number of benzene rings is 1. The van der Waals surface area contributed by atoms with Crippen molar-refractivity contribution in [1.29, 1.82) is 0 Å². The molecule has 0 saturated carbocycles. The Morgan fingerprint density at radius 1 is 1.50 bits per heavy atom. The first kappa shape index (κ1) is 14.6. The molecule has 18 heavy (non-hydrogen) atoms. The van der Waals surface area contributed by atoms with Crippen molar-refractivity contribution in [3.63, 3.8) is 0 Å². The minimum absolute atomic E-state index is 0. The number of hydrogen-bond donors (Lipinski definition) is 1. The van der Waals surface area contributed by atoms with Gasteiger partial charge in [0.1, 0.15) is 0 Å². The monoisotopic (exact) mass is 240 g/mol. The van der Waals surface area contributed by atoms with Gasteiger partial charge in [-0.3, -0.25) is 4.79 Å². The van der Waals surface area contributed by atoms with Crippen LogP contribution in [0.2, 0.25) is 0 Å². The summed E-state index contributed by atoms with van der Waals surface area (Å²) in [6.45, 7) is 3.79. The van der Waals surface area contributed by atoms with Gasteiger partial charge in [-0.2, -0.15) is 0 Å². The molecule has 0 atom stereocenters. The molecular formula is C12H13LiN2O3. The van der Waals surface area contributed by atoms with Crippen LogP contribution in [0.5, 0.6) is 0 Å². The summed E-state index contributed by atoms with van der Waals surface area (Å²) in [7, 11) is 0. The molecular weight excluding hydrogens is 227 g/mol. The van der Waals surface area contributed by atoms with Gasteiger partial charge in [-0.1, -0.05) is 6.07 Å². The number of fused-ring (bicyclic) bond motifs is 1. The number of anilines is 1. The zero-order valence-electron chi connectivity index (χ0n) is 10.5. The Hall–Kier alpha value is -1.44. The number of carbonyl (C=O) groups is 2. The second-order valence-corrected chi connectivity index (χ2v) is 3.86. The number of aromatic carboxylic acids is 1. The number of likely N-dealkylation sites (N-methyl/N-ethyl adjacent to an activating group) is 1. The number of hydrogen-bond acceptors (Lipinski definition) is 4. The summed E-state index contributed by atoms with van der Waals surface area (Å²) in [5.74, 6) is -1.31. The van der Waals surface area contributed by atoms with Crippen LogP contribution in [0.15, 0.2) is 18.2 Å². The third-order valence-electron chi connectivity index (χ3n) is 2.85. The van der Waals surface area contributed by atoms with Gasteiger partial charge >= 0.3 is 18.9 Å². The summed E-state index contributed by atoms with van der Waals surface area (Å²) in [5, 5.41) is 13.8. The fourth-order valence-corrected chi connectivity index (χ4v) is 1.90. The fraction of sp³-hybridized carbons (Fsp3) is 0.333. The molecule has 0 unspecified atom stereocenters.